The molecule has 0 rings (SSSR count). The van der Waals surface area contributed by atoms with Gasteiger partial charge in [0.15, 0.2) is 0 Å². The second kappa shape index (κ2) is 15.8. The van der Waals surface area contributed by atoms with Crippen LogP contribution in [0.4, 0.5) is 0 Å². The third-order valence-electron chi connectivity index (χ3n) is 0. The molecule has 65 valence electrons. The molecule has 0 amide bonds. The first-order valence-corrected chi connectivity index (χ1v) is 1.10. The molecule has 0 aromatic heterocycles. The minimum absolute atomic E-state index is 0. The Morgan fingerprint density at radius 3 is 0.800 bits per heavy atom. The number of hydrogen-bond donors (Lipinski definition) is 0. The van der Waals surface area contributed by atoms with Crippen LogP contribution >= 0.6 is 0 Å². The van der Waals surface area contributed by atoms with Crippen molar-refractivity contribution >= 4 is 0 Å². The fourth-order valence-corrected chi connectivity index (χ4v) is 0. The Bertz CT molecular complexity index is 73.7. The fourth-order valence-electron chi connectivity index (χ4n) is 0. The van der Waals surface area contributed by atoms with Gasteiger partial charge in [-0.1, -0.05) is 0 Å². The van der Waals surface area contributed by atoms with Crippen LogP contribution in [0.3, 0.4) is 0 Å². The predicted molar refractivity (Wildman–Crippen MR) is 20.7 cm³/mol. The zero-order valence-electron chi connectivity index (χ0n) is 3.99. The van der Waals surface area contributed by atoms with Gasteiger partial charge in [0, 0.05) is 16.5 Å². The zero-order chi connectivity index (χ0) is 7.15. The largest absolute Gasteiger partial charge is 2.00 e. The quantitative estimate of drug-likeness (QED) is 0.319. The first-order chi connectivity index (χ1) is 3.46. The summed E-state index contributed by atoms with van der Waals surface area (Å²) in [5.74, 6) is 0. The molecule has 0 N–H and O–H groups in total. The summed E-state index contributed by atoms with van der Waals surface area (Å²) in [7, 11) is 0. The molecular formula is CoN2NiO6. The van der Waals surface area contributed by atoms with E-state index in [9.17, 15) is 0 Å². The van der Waals surface area contributed by atoms with Crippen molar-refractivity contribution < 1.29 is 43.4 Å². The monoisotopic (exact) mass is 241 g/mol. The van der Waals surface area contributed by atoms with E-state index in [-0.39, 0.29) is 33.3 Å². The van der Waals surface area contributed by atoms with Gasteiger partial charge in [0.1, 0.15) is 0 Å². The second-order valence-electron chi connectivity index (χ2n) is 0.447. The molecule has 0 saturated carbocycles. The Hall–Kier alpha value is -0.600. The molecule has 0 unspecified atom stereocenters. The maximum absolute atomic E-state index is 8.25. The maximum Gasteiger partial charge on any atom is 2.00 e. The minimum Gasteiger partial charge on any atom is -0.356 e. The molecule has 0 atom stereocenters. The normalized spacial score (nSPS) is 4.80. The molecule has 0 fully saturated rings. The molecule has 0 aromatic carbocycles. The summed E-state index contributed by atoms with van der Waals surface area (Å²) >= 11 is 0. The molecule has 0 aromatic rings. The average Bonchev–Trinajstić information content (AvgIpc) is 1.25. The number of rotatable bonds is 0. The van der Waals surface area contributed by atoms with Crippen molar-refractivity contribution in [3.63, 3.8) is 0 Å². The van der Waals surface area contributed by atoms with Gasteiger partial charge in [-0.2, -0.15) is 0 Å². The van der Waals surface area contributed by atoms with Gasteiger partial charge in [0.25, 0.3) is 0 Å². The van der Waals surface area contributed by atoms with Crippen LogP contribution in [0.25, 0.3) is 0 Å². The number of hydrogen-bond acceptors (Lipinski definition) is 6. The molecule has 0 spiro atoms. The van der Waals surface area contributed by atoms with Crippen LogP contribution < -0.4 is 0 Å². The van der Waals surface area contributed by atoms with E-state index in [1.165, 1.54) is 0 Å². The number of nitrogens with zero attached hydrogens (tertiary/aromatic N) is 2. The van der Waals surface area contributed by atoms with E-state index in [0.29, 0.717) is 0 Å². The van der Waals surface area contributed by atoms with Gasteiger partial charge >= 0.3 is 16.8 Å². The molecular weight excluding hydrogens is 242 g/mol. The van der Waals surface area contributed by atoms with Gasteiger partial charge in [0.05, 0.1) is 10.2 Å². The molecule has 0 heterocycles. The van der Waals surface area contributed by atoms with E-state index in [4.69, 9.17) is 30.6 Å². The van der Waals surface area contributed by atoms with E-state index in [0.717, 1.165) is 0 Å². The van der Waals surface area contributed by atoms with Crippen molar-refractivity contribution in [3.05, 3.63) is 30.6 Å². The molecule has 0 saturated heterocycles. The van der Waals surface area contributed by atoms with Crippen molar-refractivity contribution in [3.8, 4) is 0 Å². The molecule has 0 aliphatic heterocycles. The zero-order valence-corrected chi connectivity index (χ0v) is 6.02. The first kappa shape index (κ1) is 22.7. The van der Waals surface area contributed by atoms with E-state index >= 15 is 0 Å². The van der Waals surface area contributed by atoms with Crippen LogP contribution in [0.2, 0.25) is 0 Å². The second-order valence-corrected chi connectivity index (χ2v) is 0.447. The summed E-state index contributed by atoms with van der Waals surface area (Å²) in [6.45, 7) is 0. The molecule has 8 nitrogen and oxygen atoms in total. The van der Waals surface area contributed by atoms with Crippen LogP contribution in [0, 0.1) is 30.6 Å². The third-order valence-corrected chi connectivity index (χ3v) is 0. The van der Waals surface area contributed by atoms with Crippen LogP contribution in [0.5, 0.6) is 0 Å². The van der Waals surface area contributed by atoms with Crippen LogP contribution in [-0.2, 0) is 33.3 Å². The summed E-state index contributed by atoms with van der Waals surface area (Å²) in [6.07, 6.45) is 0. The summed E-state index contributed by atoms with van der Waals surface area (Å²) in [5, 5.41) is 29.5. The van der Waals surface area contributed by atoms with Crippen LogP contribution in [0.1, 0.15) is 0 Å². The summed E-state index contributed by atoms with van der Waals surface area (Å²) in [6, 6.07) is 0. The Morgan fingerprint density at radius 1 is 0.800 bits per heavy atom. The Balaban J connectivity index is -0.0000000300. The molecule has 1 radical (unpaired) electrons. The Morgan fingerprint density at radius 2 is 0.800 bits per heavy atom. The Labute approximate surface area is 74.5 Å². The van der Waals surface area contributed by atoms with E-state index in [1.54, 1.807) is 0 Å². The molecule has 0 aliphatic carbocycles. The van der Waals surface area contributed by atoms with Gasteiger partial charge in [-0.15, -0.1) is 0 Å². The van der Waals surface area contributed by atoms with E-state index in [2.05, 4.69) is 0 Å². The smallest absolute Gasteiger partial charge is 0.356 e. The van der Waals surface area contributed by atoms with Gasteiger partial charge in [0.2, 0.25) is 0 Å². The third kappa shape index (κ3) is 842. The van der Waals surface area contributed by atoms with Crippen LogP contribution in [0.15, 0.2) is 0 Å². The van der Waals surface area contributed by atoms with Gasteiger partial charge in [-0.25, -0.2) is 0 Å². The first-order valence-electron chi connectivity index (χ1n) is 1.10. The topological polar surface area (TPSA) is 132 Å². The average molecular weight is 242 g/mol. The van der Waals surface area contributed by atoms with E-state index in [1.807, 2.05) is 0 Å². The predicted octanol–water partition coefficient (Wildman–Crippen LogP) is -0.483. The molecule has 0 aliphatic rings. The van der Waals surface area contributed by atoms with E-state index < -0.39 is 10.2 Å². The van der Waals surface area contributed by atoms with Gasteiger partial charge in [-0.3, -0.25) is 0 Å². The van der Waals surface area contributed by atoms with Crippen molar-refractivity contribution in [2.45, 2.75) is 0 Å². The van der Waals surface area contributed by atoms with Gasteiger partial charge < -0.3 is 30.6 Å². The van der Waals surface area contributed by atoms with Gasteiger partial charge in [-0.05, 0) is 0 Å². The molecule has 10 heavy (non-hydrogen) atoms. The molecule has 10 heteroatoms. The fraction of sp³-hybridized carbons (Fsp3) is 0. The summed E-state index contributed by atoms with van der Waals surface area (Å²) < 4.78 is 0. The SMILES string of the molecule is O=[N+]([O-])[O-].O=[N+]([O-])[O-].[Co+2].[Ni]. The Kier molecular flexibility index (Phi) is 35.9. The molecule has 0 bridgehead atoms. The standard InChI is InChI=1S/Co.2NO3.Ni/c;2*2-1(3)4;/q+2;2*-1;. The minimum atomic E-state index is -1.75. The van der Waals surface area contributed by atoms with Crippen molar-refractivity contribution in [1.29, 1.82) is 0 Å². The summed E-state index contributed by atoms with van der Waals surface area (Å²) in [4.78, 5) is 16.5. The maximum atomic E-state index is 8.25. The van der Waals surface area contributed by atoms with Crippen molar-refractivity contribution in [2.75, 3.05) is 0 Å². The summed E-state index contributed by atoms with van der Waals surface area (Å²) in [5.41, 5.74) is 0. The van der Waals surface area contributed by atoms with Crippen LogP contribution in [-0.4, -0.2) is 10.2 Å². The van der Waals surface area contributed by atoms with Crippen molar-refractivity contribution in [1.82, 2.24) is 0 Å². The van der Waals surface area contributed by atoms with Crippen molar-refractivity contribution in [2.24, 2.45) is 0 Å².